The first-order valence-corrected chi connectivity index (χ1v) is 9.06. The number of aromatic amines is 1. The molecule has 1 aliphatic rings. The maximum atomic E-state index is 12.8. The van der Waals surface area contributed by atoms with E-state index in [0.29, 0.717) is 12.0 Å². The van der Waals surface area contributed by atoms with Gasteiger partial charge in [-0.1, -0.05) is 31.5 Å². The molecule has 0 radical (unpaired) electrons. The van der Waals surface area contributed by atoms with Crippen molar-refractivity contribution in [3.05, 3.63) is 45.9 Å². The van der Waals surface area contributed by atoms with Crippen molar-refractivity contribution in [2.45, 2.75) is 45.4 Å². The Labute approximate surface area is 145 Å². The first kappa shape index (κ1) is 15.9. The van der Waals surface area contributed by atoms with Gasteiger partial charge in [-0.3, -0.25) is 4.79 Å². The number of fused-ring (bicyclic) bond motifs is 5. The van der Waals surface area contributed by atoms with E-state index in [4.69, 9.17) is 4.74 Å². The lowest BCUT2D eigenvalue weighted by atomic mass is 9.97. The molecule has 0 saturated heterocycles. The lowest BCUT2D eigenvalue weighted by Gasteiger charge is -2.14. The molecule has 1 N–H and O–H groups in total. The topological polar surface area (TPSA) is 64.1 Å². The van der Waals surface area contributed by atoms with Crippen molar-refractivity contribution in [3.8, 4) is 0 Å². The Morgan fingerprint density at radius 1 is 1.20 bits per heavy atom. The molecule has 0 unspecified atom stereocenters. The van der Waals surface area contributed by atoms with Crippen LogP contribution in [0.2, 0.25) is 0 Å². The number of carbonyl (C=O) groups excluding carboxylic acids is 1. The number of rotatable bonds is 3. The van der Waals surface area contributed by atoms with Gasteiger partial charge in [-0.05, 0) is 43.7 Å². The summed E-state index contributed by atoms with van der Waals surface area (Å²) < 4.78 is 7.22. The second kappa shape index (κ2) is 6.39. The van der Waals surface area contributed by atoms with E-state index >= 15 is 0 Å². The fourth-order valence-corrected chi connectivity index (χ4v) is 3.82. The summed E-state index contributed by atoms with van der Waals surface area (Å²) in [6.07, 6.45) is 5.34. The number of nitrogens with zero attached hydrogens (tertiary/aromatic N) is 1. The summed E-state index contributed by atoms with van der Waals surface area (Å²) in [5.41, 5.74) is 3.56. The van der Waals surface area contributed by atoms with Crippen LogP contribution in [0.5, 0.6) is 0 Å². The summed E-state index contributed by atoms with van der Waals surface area (Å²) in [6, 6.07) is 7.46. The van der Waals surface area contributed by atoms with E-state index in [1.54, 1.807) is 10.6 Å². The first-order valence-electron chi connectivity index (χ1n) is 9.06. The van der Waals surface area contributed by atoms with Gasteiger partial charge in [0.15, 0.2) is 0 Å². The highest BCUT2D eigenvalue weighted by molar-refractivity contribution is 6.08. The number of nitrogens with one attached hydrogen (secondary N) is 1. The summed E-state index contributed by atoms with van der Waals surface area (Å²) in [6.45, 7) is 2.49. The van der Waals surface area contributed by atoms with Crippen LogP contribution >= 0.6 is 0 Å². The third-order valence-electron chi connectivity index (χ3n) is 5.04. The predicted molar refractivity (Wildman–Crippen MR) is 98.4 cm³/mol. The number of carbonyl (C=O) groups is 1. The van der Waals surface area contributed by atoms with E-state index in [2.05, 4.69) is 11.9 Å². The summed E-state index contributed by atoms with van der Waals surface area (Å²) >= 11 is 0. The Bertz CT molecular complexity index is 1010. The lowest BCUT2D eigenvalue weighted by molar-refractivity contribution is 0.146. The van der Waals surface area contributed by atoms with Crippen molar-refractivity contribution >= 4 is 27.9 Å². The van der Waals surface area contributed by atoms with E-state index < -0.39 is 0 Å². The molecule has 1 aliphatic carbocycles. The van der Waals surface area contributed by atoms with Gasteiger partial charge in [0.2, 0.25) is 0 Å². The predicted octanol–water partition coefficient (Wildman–Crippen LogP) is 4.15. The van der Waals surface area contributed by atoms with Gasteiger partial charge < -0.3 is 9.72 Å². The number of hydrogen-bond acceptors (Lipinski definition) is 3. The SMILES string of the molecule is CCCCOC(=O)n1c2c(c3[nH]c(=O)c4ccccc4c31)CCCC2. The minimum atomic E-state index is -0.334. The molecule has 2 heterocycles. The maximum Gasteiger partial charge on any atom is 0.418 e. The number of aryl methyl sites for hydroxylation is 1. The molecule has 130 valence electrons. The van der Waals surface area contributed by atoms with Crippen LogP contribution in [0, 0.1) is 0 Å². The van der Waals surface area contributed by atoms with Gasteiger partial charge in [-0.15, -0.1) is 0 Å². The van der Waals surface area contributed by atoms with Gasteiger partial charge in [0.1, 0.15) is 0 Å². The van der Waals surface area contributed by atoms with Crippen molar-refractivity contribution in [1.29, 1.82) is 0 Å². The van der Waals surface area contributed by atoms with Crippen molar-refractivity contribution in [3.63, 3.8) is 0 Å². The van der Waals surface area contributed by atoms with E-state index in [-0.39, 0.29) is 11.7 Å². The highest BCUT2D eigenvalue weighted by Gasteiger charge is 2.26. The largest absolute Gasteiger partial charge is 0.449 e. The number of aromatic nitrogens is 2. The van der Waals surface area contributed by atoms with Crippen LogP contribution in [-0.2, 0) is 17.6 Å². The number of hydrogen-bond donors (Lipinski definition) is 1. The molecule has 1 aromatic carbocycles. The number of unbranched alkanes of at least 4 members (excludes halogenated alkanes) is 1. The van der Waals surface area contributed by atoms with Crippen LogP contribution in [-0.4, -0.2) is 22.3 Å². The average Bonchev–Trinajstić information content (AvgIpc) is 2.97. The molecule has 3 aromatic rings. The Morgan fingerprint density at radius 2 is 1.96 bits per heavy atom. The fraction of sp³-hybridized carbons (Fsp3) is 0.400. The van der Waals surface area contributed by atoms with Gasteiger partial charge in [-0.25, -0.2) is 9.36 Å². The maximum absolute atomic E-state index is 12.8. The summed E-state index contributed by atoms with van der Waals surface area (Å²) in [7, 11) is 0. The quantitative estimate of drug-likeness (QED) is 0.730. The van der Waals surface area contributed by atoms with Crippen molar-refractivity contribution in [1.82, 2.24) is 9.55 Å². The molecular formula is C20H22N2O3. The number of benzene rings is 1. The minimum Gasteiger partial charge on any atom is -0.449 e. The highest BCUT2D eigenvalue weighted by atomic mass is 16.5. The second-order valence-corrected chi connectivity index (χ2v) is 6.66. The molecule has 2 aromatic heterocycles. The van der Waals surface area contributed by atoms with Crippen LogP contribution in [0.4, 0.5) is 4.79 Å². The molecule has 0 fully saturated rings. The molecule has 0 bridgehead atoms. The first-order chi connectivity index (χ1) is 12.2. The molecule has 0 aliphatic heterocycles. The normalized spacial score (nSPS) is 14.0. The van der Waals surface area contributed by atoms with Gasteiger partial charge in [0, 0.05) is 16.5 Å². The Balaban J connectivity index is 2.01. The van der Waals surface area contributed by atoms with Crippen LogP contribution in [0.1, 0.15) is 43.9 Å². The zero-order valence-electron chi connectivity index (χ0n) is 14.4. The van der Waals surface area contributed by atoms with Crippen LogP contribution in [0.25, 0.3) is 21.8 Å². The molecule has 0 atom stereocenters. The molecule has 0 spiro atoms. The molecular weight excluding hydrogens is 316 g/mol. The second-order valence-electron chi connectivity index (χ2n) is 6.66. The average molecular weight is 338 g/mol. The number of ether oxygens (including phenoxy) is 1. The molecule has 4 rings (SSSR count). The van der Waals surface area contributed by atoms with Gasteiger partial charge in [-0.2, -0.15) is 0 Å². The molecule has 5 heteroatoms. The molecule has 25 heavy (non-hydrogen) atoms. The van der Waals surface area contributed by atoms with Gasteiger partial charge in [0.25, 0.3) is 5.56 Å². The zero-order valence-corrected chi connectivity index (χ0v) is 14.4. The van der Waals surface area contributed by atoms with Crippen LogP contribution in [0.15, 0.2) is 29.1 Å². The lowest BCUT2D eigenvalue weighted by Crippen LogP contribution is -2.19. The van der Waals surface area contributed by atoms with Crippen molar-refractivity contribution in [2.24, 2.45) is 0 Å². The fourth-order valence-electron chi connectivity index (χ4n) is 3.82. The number of pyridine rings is 1. The molecule has 0 saturated carbocycles. The minimum absolute atomic E-state index is 0.104. The highest BCUT2D eigenvalue weighted by Crippen LogP contribution is 2.34. The molecule has 0 amide bonds. The van der Waals surface area contributed by atoms with Gasteiger partial charge in [0.05, 0.1) is 17.6 Å². The third-order valence-corrected chi connectivity index (χ3v) is 5.04. The van der Waals surface area contributed by atoms with E-state index in [1.165, 1.54) is 0 Å². The smallest absolute Gasteiger partial charge is 0.418 e. The van der Waals surface area contributed by atoms with E-state index in [9.17, 15) is 9.59 Å². The van der Waals surface area contributed by atoms with Gasteiger partial charge >= 0.3 is 6.09 Å². The van der Waals surface area contributed by atoms with Crippen molar-refractivity contribution < 1.29 is 9.53 Å². The number of H-pyrrole nitrogens is 1. The monoisotopic (exact) mass is 338 g/mol. The van der Waals surface area contributed by atoms with Crippen LogP contribution in [0.3, 0.4) is 0 Å². The zero-order chi connectivity index (χ0) is 17.4. The summed E-state index contributed by atoms with van der Waals surface area (Å²) in [5.74, 6) is 0. The van der Waals surface area contributed by atoms with Crippen molar-refractivity contribution in [2.75, 3.05) is 6.61 Å². The summed E-state index contributed by atoms with van der Waals surface area (Å²) in [4.78, 5) is 28.4. The van der Waals surface area contributed by atoms with E-state index in [1.807, 2.05) is 18.2 Å². The Kier molecular flexibility index (Phi) is 4.07. The Hall–Kier alpha value is -2.56. The van der Waals surface area contributed by atoms with E-state index in [0.717, 1.165) is 66.2 Å². The third kappa shape index (κ3) is 2.54. The molecule has 5 nitrogen and oxygen atoms in total. The van der Waals surface area contributed by atoms with Crippen LogP contribution < -0.4 is 5.56 Å². The standard InChI is InChI=1S/C20H22N2O3/c1-2-3-12-25-20(24)22-16-11-7-6-10-15(16)17-18(22)13-8-4-5-9-14(13)19(23)21-17/h4-5,8-9H,2-3,6-7,10-12H2,1H3,(H,21,23). The summed E-state index contributed by atoms with van der Waals surface area (Å²) in [5, 5.41) is 1.41. The Morgan fingerprint density at radius 3 is 2.76 bits per heavy atom.